The minimum Gasteiger partial charge on any atom is -0.493 e. The molecule has 0 aliphatic heterocycles. The fourth-order valence-electron chi connectivity index (χ4n) is 2.13. The van der Waals surface area contributed by atoms with Crippen LogP contribution in [0.15, 0.2) is 18.2 Å². The van der Waals surface area contributed by atoms with E-state index in [1.165, 1.54) is 12.8 Å². The summed E-state index contributed by atoms with van der Waals surface area (Å²) in [4.78, 5) is 0. The van der Waals surface area contributed by atoms with E-state index in [-0.39, 0.29) is 12.4 Å². The van der Waals surface area contributed by atoms with Crippen molar-refractivity contribution in [2.75, 3.05) is 7.11 Å². The molecule has 1 aliphatic rings. The highest BCUT2D eigenvalue weighted by atomic mass is 35.5. The molecule has 0 heterocycles. The third-order valence-corrected chi connectivity index (χ3v) is 3.06. The van der Waals surface area contributed by atoms with E-state index in [1.54, 1.807) is 7.11 Å². The first kappa shape index (κ1) is 14.1. The third-order valence-electron chi connectivity index (χ3n) is 3.06. The van der Waals surface area contributed by atoms with E-state index in [1.807, 2.05) is 18.2 Å². The predicted octanol–water partition coefficient (Wildman–Crippen LogP) is 2.90. The molecule has 1 saturated carbocycles. The maximum absolute atomic E-state index is 5.96. The number of benzene rings is 1. The molecule has 0 atom stereocenters. The number of ether oxygens (including phenoxy) is 2. The van der Waals surface area contributed by atoms with Crippen molar-refractivity contribution >= 4 is 12.4 Å². The van der Waals surface area contributed by atoms with Crippen LogP contribution in [0.25, 0.3) is 0 Å². The standard InChI is InChI=1S/C13H19NO2.ClH/c1-15-12-7-6-10(9-14)8-13(12)16-11-4-2-3-5-11;/h6-8,11H,2-5,9,14H2,1H3;1H. The molecule has 1 aromatic carbocycles. The number of nitrogens with two attached hydrogens (primary N) is 1. The van der Waals surface area contributed by atoms with Crippen molar-refractivity contribution in [2.24, 2.45) is 5.73 Å². The Bertz CT molecular complexity index is 351. The van der Waals surface area contributed by atoms with E-state index in [2.05, 4.69) is 0 Å². The summed E-state index contributed by atoms with van der Waals surface area (Å²) >= 11 is 0. The fraction of sp³-hybridized carbons (Fsp3) is 0.538. The summed E-state index contributed by atoms with van der Waals surface area (Å²) < 4.78 is 11.2. The van der Waals surface area contributed by atoms with Gasteiger partial charge in [0.2, 0.25) is 0 Å². The van der Waals surface area contributed by atoms with Crippen LogP contribution in [-0.4, -0.2) is 13.2 Å². The largest absolute Gasteiger partial charge is 0.493 e. The minimum atomic E-state index is 0. The summed E-state index contributed by atoms with van der Waals surface area (Å²) in [6.45, 7) is 0.533. The minimum absolute atomic E-state index is 0. The van der Waals surface area contributed by atoms with Gasteiger partial charge in [0.05, 0.1) is 13.2 Å². The molecule has 4 heteroatoms. The highest BCUT2D eigenvalue weighted by molar-refractivity contribution is 5.85. The lowest BCUT2D eigenvalue weighted by Crippen LogP contribution is -2.12. The van der Waals surface area contributed by atoms with Crippen molar-refractivity contribution in [2.45, 2.75) is 38.3 Å². The van der Waals surface area contributed by atoms with Crippen molar-refractivity contribution in [3.8, 4) is 11.5 Å². The zero-order valence-corrected chi connectivity index (χ0v) is 11.0. The second-order valence-corrected chi connectivity index (χ2v) is 4.21. The van der Waals surface area contributed by atoms with Crippen LogP contribution in [0.4, 0.5) is 0 Å². The third kappa shape index (κ3) is 3.51. The van der Waals surface area contributed by atoms with Crippen LogP contribution in [-0.2, 0) is 6.54 Å². The van der Waals surface area contributed by atoms with Crippen molar-refractivity contribution in [3.05, 3.63) is 23.8 Å². The zero-order chi connectivity index (χ0) is 11.4. The summed E-state index contributed by atoms with van der Waals surface area (Å²) in [5.74, 6) is 1.63. The molecule has 0 spiro atoms. The van der Waals surface area contributed by atoms with Crippen LogP contribution < -0.4 is 15.2 Å². The highest BCUT2D eigenvalue weighted by Gasteiger charge is 2.18. The van der Waals surface area contributed by atoms with Gasteiger partial charge in [-0.3, -0.25) is 0 Å². The lowest BCUT2D eigenvalue weighted by molar-refractivity contribution is 0.200. The molecule has 2 N–H and O–H groups in total. The molecule has 0 unspecified atom stereocenters. The van der Waals surface area contributed by atoms with Gasteiger partial charge in [0.15, 0.2) is 11.5 Å². The number of methoxy groups -OCH3 is 1. The fourth-order valence-corrected chi connectivity index (χ4v) is 2.13. The van der Waals surface area contributed by atoms with Gasteiger partial charge < -0.3 is 15.2 Å². The maximum atomic E-state index is 5.96. The lowest BCUT2D eigenvalue weighted by Gasteiger charge is -2.16. The summed E-state index contributed by atoms with van der Waals surface area (Å²) in [6.07, 6.45) is 5.18. The van der Waals surface area contributed by atoms with Gasteiger partial charge >= 0.3 is 0 Å². The molecule has 1 fully saturated rings. The van der Waals surface area contributed by atoms with Gasteiger partial charge in [0.1, 0.15) is 0 Å². The van der Waals surface area contributed by atoms with Crippen LogP contribution in [0.1, 0.15) is 31.2 Å². The Morgan fingerprint density at radius 3 is 2.53 bits per heavy atom. The van der Waals surface area contributed by atoms with Gasteiger partial charge in [-0.05, 0) is 43.4 Å². The molecule has 0 saturated heterocycles. The van der Waals surface area contributed by atoms with Crippen molar-refractivity contribution < 1.29 is 9.47 Å². The first-order chi connectivity index (χ1) is 7.83. The van der Waals surface area contributed by atoms with E-state index in [0.29, 0.717) is 12.6 Å². The van der Waals surface area contributed by atoms with E-state index in [9.17, 15) is 0 Å². The molecular formula is C13H20ClNO2. The molecule has 0 amide bonds. The first-order valence-corrected chi connectivity index (χ1v) is 5.87. The monoisotopic (exact) mass is 257 g/mol. The Hall–Kier alpha value is -0.930. The topological polar surface area (TPSA) is 44.5 Å². The number of halogens is 1. The normalized spacial score (nSPS) is 15.4. The van der Waals surface area contributed by atoms with Crippen molar-refractivity contribution in [1.29, 1.82) is 0 Å². The van der Waals surface area contributed by atoms with Crippen LogP contribution in [0.5, 0.6) is 11.5 Å². The maximum Gasteiger partial charge on any atom is 0.161 e. The summed E-state index contributed by atoms with van der Waals surface area (Å²) in [5, 5.41) is 0. The van der Waals surface area contributed by atoms with Gasteiger partial charge in [0, 0.05) is 6.54 Å². The quantitative estimate of drug-likeness (QED) is 0.902. The predicted molar refractivity (Wildman–Crippen MR) is 71.0 cm³/mol. The van der Waals surface area contributed by atoms with Gasteiger partial charge in [-0.25, -0.2) is 0 Å². The first-order valence-electron chi connectivity index (χ1n) is 5.87. The van der Waals surface area contributed by atoms with Crippen LogP contribution in [0.3, 0.4) is 0 Å². The van der Waals surface area contributed by atoms with Crippen LogP contribution >= 0.6 is 12.4 Å². The summed E-state index contributed by atoms with van der Waals surface area (Å²) in [6, 6.07) is 5.88. The molecular weight excluding hydrogens is 238 g/mol. The van der Waals surface area contributed by atoms with Gasteiger partial charge in [-0.15, -0.1) is 12.4 Å². The molecule has 96 valence electrons. The molecule has 0 bridgehead atoms. The highest BCUT2D eigenvalue weighted by Crippen LogP contribution is 2.32. The van der Waals surface area contributed by atoms with E-state index in [4.69, 9.17) is 15.2 Å². The van der Waals surface area contributed by atoms with E-state index in [0.717, 1.165) is 29.9 Å². The summed E-state index contributed by atoms with van der Waals surface area (Å²) in [7, 11) is 1.67. The lowest BCUT2D eigenvalue weighted by atomic mass is 10.2. The van der Waals surface area contributed by atoms with E-state index >= 15 is 0 Å². The van der Waals surface area contributed by atoms with Crippen LogP contribution in [0.2, 0.25) is 0 Å². The van der Waals surface area contributed by atoms with Gasteiger partial charge in [0.25, 0.3) is 0 Å². The van der Waals surface area contributed by atoms with Crippen molar-refractivity contribution in [1.82, 2.24) is 0 Å². The Morgan fingerprint density at radius 1 is 1.24 bits per heavy atom. The smallest absolute Gasteiger partial charge is 0.161 e. The number of hydrogen-bond acceptors (Lipinski definition) is 3. The van der Waals surface area contributed by atoms with Crippen LogP contribution in [0, 0.1) is 0 Å². The molecule has 1 aromatic rings. The summed E-state index contributed by atoms with van der Waals surface area (Å²) in [5.41, 5.74) is 6.70. The molecule has 3 nitrogen and oxygen atoms in total. The molecule has 0 radical (unpaired) electrons. The average molecular weight is 258 g/mol. The Balaban J connectivity index is 0.00000144. The second kappa shape index (κ2) is 6.72. The SMILES string of the molecule is COc1ccc(CN)cc1OC1CCCC1.Cl. The van der Waals surface area contributed by atoms with E-state index < -0.39 is 0 Å². The van der Waals surface area contributed by atoms with Gasteiger partial charge in [-0.1, -0.05) is 6.07 Å². The van der Waals surface area contributed by atoms with Crippen molar-refractivity contribution in [3.63, 3.8) is 0 Å². The molecule has 17 heavy (non-hydrogen) atoms. The molecule has 1 aliphatic carbocycles. The Kier molecular flexibility index (Phi) is 5.59. The number of hydrogen-bond donors (Lipinski definition) is 1. The second-order valence-electron chi connectivity index (χ2n) is 4.21. The molecule has 0 aromatic heterocycles. The zero-order valence-electron chi connectivity index (χ0n) is 10.1. The number of rotatable bonds is 4. The van der Waals surface area contributed by atoms with Gasteiger partial charge in [-0.2, -0.15) is 0 Å². The molecule has 2 rings (SSSR count). The average Bonchev–Trinajstić information content (AvgIpc) is 2.82. The Labute approximate surface area is 109 Å². The Morgan fingerprint density at radius 2 is 1.94 bits per heavy atom.